The predicted molar refractivity (Wildman–Crippen MR) is 70.8 cm³/mol. The molecule has 1 radical (unpaired) electrons. The van der Waals surface area contributed by atoms with Crippen LogP contribution in [0.4, 0.5) is 5.69 Å². The molecule has 1 aromatic carbocycles. The van der Waals surface area contributed by atoms with Crippen molar-refractivity contribution in [1.29, 1.82) is 0 Å². The van der Waals surface area contributed by atoms with Crippen LogP contribution < -0.4 is 4.90 Å². The van der Waals surface area contributed by atoms with Crippen LogP contribution >= 0.6 is 22.6 Å². The van der Waals surface area contributed by atoms with Gasteiger partial charge in [-0.1, -0.05) is 26.0 Å². The molecule has 0 fully saturated rings. The summed E-state index contributed by atoms with van der Waals surface area (Å²) in [5, 5.41) is 0. The first-order valence-corrected chi connectivity index (χ1v) is 6.28. The fraction of sp³-hybridized carbons (Fsp3) is 0.500. The summed E-state index contributed by atoms with van der Waals surface area (Å²) in [4.78, 5) is 2.44. The van der Waals surface area contributed by atoms with E-state index in [1.54, 1.807) is 0 Å². The third kappa shape index (κ3) is 3.15. The summed E-state index contributed by atoms with van der Waals surface area (Å²) in [6, 6.07) is 9.47. The monoisotopic (exact) mass is 302 g/mol. The second kappa shape index (κ2) is 6.27. The average Bonchev–Trinajstić information content (AvgIpc) is 2.18. The fourth-order valence-corrected chi connectivity index (χ4v) is 2.25. The molecule has 0 aliphatic heterocycles. The van der Waals surface area contributed by atoms with Gasteiger partial charge in [0.25, 0.3) is 0 Å². The van der Waals surface area contributed by atoms with E-state index < -0.39 is 0 Å². The van der Waals surface area contributed by atoms with E-state index in [1.807, 2.05) is 6.07 Å². The first kappa shape index (κ1) is 11.8. The summed E-state index contributed by atoms with van der Waals surface area (Å²) >= 11 is 2.36. The maximum Gasteiger partial charge on any atom is 0.0508 e. The van der Waals surface area contributed by atoms with E-state index in [0.29, 0.717) is 0 Å². The van der Waals surface area contributed by atoms with Crippen molar-refractivity contribution in [3.63, 3.8) is 0 Å². The predicted octanol–water partition coefficient (Wildman–Crippen LogP) is 3.72. The Labute approximate surface area is 101 Å². The van der Waals surface area contributed by atoms with Crippen molar-refractivity contribution in [2.45, 2.75) is 26.7 Å². The van der Waals surface area contributed by atoms with Gasteiger partial charge in [-0.2, -0.15) is 0 Å². The smallest absolute Gasteiger partial charge is 0.0508 e. The van der Waals surface area contributed by atoms with Gasteiger partial charge < -0.3 is 4.90 Å². The first-order valence-electron chi connectivity index (χ1n) is 5.20. The number of benzene rings is 1. The Balaban J connectivity index is 2.81. The van der Waals surface area contributed by atoms with Crippen molar-refractivity contribution >= 4 is 28.3 Å². The average molecular weight is 302 g/mol. The summed E-state index contributed by atoms with van der Waals surface area (Å²) in [7, 11) is 0. The van der Waals surface area contributed by atoms with Crippen molar-refractivity contribution in [3.8, 4) is 0 Å². The van der Waals surface area contributed by atoms with Crippen molar-refractivity contribution in [2.24, 2.45) is 0 Å². The van der Waals surface area contributed by atoms with E-state index in [1.165, 1.54) is 22.1 Å². The number of halogens is 1. The van der Waals surface area contributed by atoms with E-state index in [-0.39, 0.29) is 0 Å². The lowest BCUT2D eigenvalue weighted by atomic mass is 10.2. The van der Waals surface area contributed by atoms with Crippen LogP contribution in [-0.4, -0.2) is 13.1 Å². The molecule has 2 heteroatoms. The van der Waals surface area contributed by atoms with Gasteiger partial charge in [0.15, 0.2) is 0 Å². The minimum Gasteiger partial charge on any atom is -0.371 e. The van der Waals surface area contributed by atoms with Gasteiger partial charge in [-0.05, 0) is 47.6 Å². The van der Waals surface area contributed by atoms with Crippen molar-refractivity contribution in [1.82, 2.24) is 0 Å². The second-order valence-electron chi connectivity index (χ2n) is 3.36. The Kier molecular flexibility index (Phi) is 5.30. The molecule has 0 aliphatic rings. The zero-order chi connectivity index (χ0) is 10.4. The standard InChI is InChI=1S/C12H17IN/c1-3-9-14(10-4-2)12-8-6-5-7-11(12)13/h5-6,8H,3-4,9-10H2,1-2H3. The zero-order valence-electron chi connectivity index (χ0n) is 8.89. The maximum atomic E-state index is 3.24. The van der Waals surface area contributed by atoms with Gasteiger partial charge in [-0.15, -0.1) is 0 Å². The molecule has 0 atom stereocenters. The maximum absolute atomic E-state index is 3.24. The quantitative estimate of drug-likeness (QED) is 0.749. The molecule has 0 spiro atoms. The number of nitrogens with zero attached hydrogens (tertiary/aromatic N) is 1. The van der Waals surface area contributed by atoms with E-state index in [9.17, 15) is 0 Å². The minimum atomic E-state index is 1.14. The number of hydrogen-bond acceptors (Lipinski definition) is 1. The molecule has 1 nitrogen and oxygen atoms in total. The van der Waals surface area contributed by atoms with Crippen LogP contribution in [0, 0.1) is 9.64 Å². The minimum absolute atomic E-state index is 1.14. The number of hydrogen-bond donors (Lipinski definition) is 0. The highest BCUT2D eigenvalue weighted by atomic mass is 127. The molecule has 0 N–H and O–H groups in total. The Hall–Kier alpha value is -0.250. The summed E-state index contributed by atoms with van der Waals surface area (Å²) in [5.41, 5.74) is 1.33. The van der Waals surface area contributed by atoms with Gasteiger partial charge in [0, 0.05) is 16.7 Å². The molecule has 0 aromatic heterocycles. The van der Waals surface area contributed by atoms with Crippen molar-refractivity contribution in [2.75, 3.05) is 18.0 Å². The largest absolute Gasteiger partial charge is 0.371 e. The Bertz CT molecular complexity index is 267. The molecule has 14 heavy (non-hydrogen) atoms. The SMILES string of the molecule is CCCN(CCC)c1ccc[c]c1I. The highest BCUT2D eigenvalue weighted by Crippen LogP contribution is 2.21. The van der Waals surface area contributed by atoms with Crippen LogP contribution in [0.5, 0.6) is 0 Å². The molecular formula is C12H17IN. The Morgan fingerprint density at radius 3 is 2.43 bits per heavy atom. The van der Waals surface area contributed by atoms with E-state index in [2.05, 4.69) is 59.5 Å². The number of rotatable bonds is 5. The zero-order valence-corrected chi connectivity index (χ0v) is 11.0. The molecular weight excluding hydrogens is 285 g/mol. The van der Waals surface area contributed by atoms with Crippen LogP contribution in [0.2, 0.25) is 0 Å². The third-order valence-corrected chi connectivity index (χ3v) is 2.98. The molecule has 77 valence electrons. The van der Waals surface area contributed by atoms with E-state index in [0.717, 1.165) is 13.1 Å². The third-order valence-electron chi connectivity index (χ3n) is 2.11. The molecule has 0 saturated carbocycles. The van der Waals surface area contributed by atoms with E-state index in [4.69, 9.17) is 0 Å². The molecule has 1 aromatic rings. The van der Waals surface area contributed by atoms with Crippen LogP contribution in [0.25, 0.3) is 0 Å². The Morgan fingerprint density at radius 2 is 1.93 bits per heavy atom. The molecule has 0 heterocycles. The van der Waals surface area contributed by atoms with E-state index >= 15 is 0 Å². The van der Waals surface area contributed by atoms with Gasteiger partial charge >= 0.3 is 0 Å². The van der Waals surface area contributed by atoms with Gasteiger partial charge in [0.05, 0.1) is 5.69 Å². The lowest BCUT2D eigenvalue weighted by Crippen LogP contribution is -2.25. The molecule has 0 bridgehead atoms. The van der Waals surface area contributed by atoms with Crippen LogP contribution in [0.15, 0.2) is 18.2 Å². The molecule has 0 saturated heterocycles. The normalized spacial score (nSPS) is 10.2. The molecule has 0 unspecified atom stereocenters. The van der Waals surface area contributed by atoms with Gasteiger partial charge in [0.1, 0.15) is 0 Å². The number of anilines is 1. The van der Waals surface area contributed by atoms with Crippen molar-refractivity contribution < 1.29 is 0 Å². The summed E-state index contributed by atoms with van der Waals surface area (Å²) in [6.07, 6.45) is 2.40. The lowest BCUT2D eigenvalue weighted by molar-refractivity contribution is 0.743. The molecule has 0 amide bonds. The van der Waals surface area contributed by atoms with Gasteiger partial charge in [-0.3, -0.25) is 0 Å². The van der Waals surface area contributed by atoms with Crippen LogP contribution in [0.3, 0.4) is 0 Å². The summed E-state index contributed by atoms with van der Waals surface area (Å²) in [5.74, 6) is 0. The second-order valence-corrected chi connectivity index (χ2v) is 4.44. The Morgan fingerprint density at radius 1 is 1.29 bits per heavy atom. The van der Waals surface area contributed by atoms with Crippen LogP contribution in [-0.2, 0) is 0 Å². The fourth-order valence-electron chi connectivity index (χ4n) is 1.54. The summed E-state index contributed by atoms with van der Waals surface area (Å²) < 4.78 is 1.23. The molecule has 1 rings (SSSR count). The van der Waals surface area contributed by atoms with Crippen molar-refractivity contribution in [3.05, 3.63) is 27.8 Å². The lowest BCUT2D eigenvalue weighted by Gasteiger charge is -2.24. The van der Waals surface area contributed by atoms with Gasteiger partial charge in [-0.25, -0.2) is 0 Å². The molecule has 0 aliphatic carbocycles. The van der Waals surface area contributed by atoms with Gasteiger partial charge in [0.2, 0.25) is 0 Å². The topological polar surface area (TPSA) is 3.24 Å². The first-order chi connectivity index (χ1) is 6.79. The summed E-state index contributed by atoms with van der Waals surface area (Å²) in [6.45, 7) is 6.73. The highest BCUT2D eigenvalue weighted by molar-refractivity contribution is 14.1. The van der Waals surface area contributed by atoms with Crippen LogP contribution in [0.1, 0.15) is 26.7 Å². The highest BCUT2D eigenvalue weighted by Gasteiger charge is 2.06.